The SMILES string of the molecule is COC(=O)c1c(F)cccc1S(=O)(=O)N1CCC(OCCCN)CC1.Cl. The van der Waals surface area contributed by atoms with Crippen LogP contribution in [0.5, 0.6) is 0 Å². The molecule has 2 rings (SSSR count). The van der Waals surface area contributed by atoms with E-state index in [-0.39, 0.29) is 36.5 Å². The quantitative estimate of drug-likeness (QED) is 0.541. The summed E-state index contributed by atoms with van der Waals surface area (Å²) < 4.78 is 51.1. The van der Waals surface area contributed by atoms with Crippen molar-refractivity contribution < 1.29 is 27.1 Å². The summed E-state index contributed by atoms with van der Waals surface area (Å²) in [5, 5.41) is 0. The zero-order valence-electron chi connectivity index (χ0n) is 14.5. The van der Waals surface area contributed by atoms with Gasteiger partial charge in [0, 0.05) is 19.7 Å². The fourth-order valence-electron chi connectivity index (χ4n) is 2.73. The molecule has 148 valence electrons. The molecule has 0 atom stereocenters. The minimum Gasteiger partial charge on any atom is -0.465 e. The van der Waals surface area contributed by atoms with Gasteiger partial charge in [-0.1, -0.05) is 6.07 Å². The minimum atomic E-state index is -4.00. The summed E-state index contributed by atoms with van der Waals surface area (Å²) in [7, 11) is -2.92. The number of carbonyl (C=O) groups is 1. The van der Waals surface area contributed by atoms with E-state index in [1.165, 1.54) is 16.4 Å². The molecule has 1 fully saturated rings. The number of ether oxygens (including phenoxy) is 2. The Morgan fingerprint density at radius 1 is 1.35 bits per heavy atom. The number of esters is 1. The lowest BCUT2D eigenvalue weighted by Gasteiger charge is -2.31. The fourth-order valence-corrected chi connectivity index (χ4v) is 4.39. The van der Waals surface area contributed by atoms with Crippen LogP contribution in [0, 0.1) is 5.82 Å². The van der Waals surface area contributed by atoms with Crippen LogP contribution < -0.4 is 5.73 Å². The largest absolute Gasteiger partial charge is 0.465 e. The van der Waals surface area contributed by atoms with E-state index in [0.717, 1.165) is 19.6 Å². The molecule has 1 aromatic carbocycles. The van der Waals surface area contributed by atoms with Crippen molar-refractivity contribution in [2.45, 2.75) is 30.3 Å². The van der Waals surface area contributed by atoms with E-state index in [1.54, 1.807) is 0 Å². The van der Waals surface area contributed by atoms with Crippen LogP contribution in [0.15, 0.2) is 23.1 Å². The Morgan fingerprint density at radius 2 is 2.00 bits per heavy atom. The second kappa shape index (κ2) is 10.2. The second-order valence-electron chi connectivity index (χ2n) is 5.72. The molecule has 0 bridgehead atoms. The number of hydrogen-bond acceptors (Lipinski definition) is 6. The van der Waals surface area contributed by atoms with Crippen LogP contribution in [-0.2, 0) is 19.5 Å². The normalized spacial score (nSPS) is 16.1. The first-order valence-corrected chi connectivity index (χ1v) is 9.54. The van der Waals surface area contributed by atoms with Gasteiger partial charge in [0.2, 0.25) is 10.0 Å². The van der Waals surface area contributed by atoms with Crippen molar-refractivity contribution in [3.8, 4) is 0 Å². The summed E-state index contributed by atoms with van der Waals surface area (Å²) in [6.45, 7) is 1.58. The van der Waals surface area contributed by atoms with Crippen molar-refractivity contribution >= 4 is 28.4 Å². The number of sulfonamides is 1. The average Bonchev–Trinajstić information content (AvgIpc) is 2.61. The molecule has 0 aliphatic carbocycles. The highest BCUT2D eigenvalue weighted by Gasteiger charge is 2.34. The predicted molar refractivity (Wildman–Crippen MR) is 96.4 cm³/mol. The average molecular weight is 411 g/mol. The van der Waals surface area contributed by atoms with Gasteiger partial charge in [-0.3, -0.25) is 0 Å². The molecule has 7 nitrogen and oxygen atoms in total. The van der Waals surface area contributed by atoms with E-state index in [2.05, 4.69) is 4.74 Å². The summed E-state index contributed by atoms with van der Waals surface area (Å²) in [5.74, 6) is -1.94. The van der Waals surface area contributed by atoms with Gasteiger partial charge in [0.1, 0.15) is 11.4 Å². The van der Waals surface area contributed by atoms with Crippen LogP contribution >= 0.6 is 12.4 Å². The first-order chi connectivity index (χ1) is 11.9. The molecule has 0 saturated carbocycles. The van der Waals surface area contributed by atoms with Gasteiger partial charge in [0.25, 0.3) is 0 Å². The lowest BCUT2D eigenvalue weighted by molar-refractivity contribution is 0.0208. The molecule has 1 aliphatic heterocycles. The first kappa shape index (κ1) is 22.8. The number of piperidine rings is 1. The molecular weight excluding hydrogens is 387 g/mol. The molecule has 2 N–H and O–H groups in total. The molecule has 0 spiro atoms. The number of rotatable bonds is 7. The van der Waals surface area contributed by atoms with Crippen LogP contribution in [0.2, 0.25) is 0 Å². The highest BCUT2D eigenvalue weighted by Crippen LogP contribution is 2.26. The third-order valence-electron chi connectivity index (χ3n) is 4.09. The van der Waals surface area contributed by atoms with E-state index in [1.807, 2.05) is 0 Å². The van der Waals surface area contributed by atoms with Crippen molar-refractivity contribution in [1.82, 2.24) is 4.31 Å². The highest BCUT2D eigenvalue weighted by molar-refractivity contribution is 7.89. The van der Waals surface area contributed by atoms with Crippen LogP contribution in [-0.4, -0.2) is 58.1 Å². The minimum absolute atomic E-state index is 0. The maximum absolute atomic E-state index is 14.0. The van der Waals surface area contributed by atoms with Gasteiger partial charge in [0.15, 0.2) is 0 Å². The maximum Gasteiger partial charge on any atom is 0.342 e. The molecule has 0 aromatic heterocycles. The third-order valence-corrected chi connectivity index (χ3v) is 6.03. The standard InChI is InChI=1S/C16H23FN2O5S.ClH/c1-23-16(20)15-13(17)4-2-5-14(15)25(21,22)19-9-6-12(7-10-19)24-11-3-8-18;/h2,4-5,12H,3,6-11,18H2,1H3;1H. The van der Waals surface area contributed by atoms with E-state index < -0.39 is 27.4 Å². The van der Waals surface area contributed by atoms with Crippen molar-refractivity contribution in [2.75, 3.05) is 33.4 Å². The maximum atomic E-state index is 14.0. The van der Waals surface area contributed by atoms with Crippen molar-refractivity contribution in [3.63, 3.8) is 0 Å². The number of hydrogen-bond donors (Lipinski definition) is 1. The van der Waals surface area contributed by atoms with Gasteiger partial charge in [-0.05, 0) is 37.9 Å². The summed E-state index contributed by atoms with van der Waals surface area (Å²) in [6.07, 6.45) is 1.80. The molecule has 26 heavy (non-hydrogen) atoms. The third kappa shape index (κ3) is 5.14. The van der Waals surface area contributed by atoms with Gasteiger partial charge in [-0.15, -0.1) is 12.4 Å². The Kier molecular flexibility index (Phi) is 8.91. The number of nitrogens with zero attached hydrogens (tertiary/aromatic N) is 1. The Bertz CT molecular complexity index is 709. The number of carbonyl (C=O) groups excluding carboxylic acids is 1. The molecule has 0 radical (unpaired) electrons. The van der Waals surface area contributed by atoms with Gasteiger partial charge >= 0.3 is 5.97 Å². The molecule has 1 heterocycles. The lowest BCUT2D eigenvalue weighted by atomic mass is 10.1. The van der Waals surface area contributed by atoms with Crippen LogP contribution in [0.3, 0.4) is 0 Å². The van der Waals surface area contributed by atoms with Crippen molar-refractivity contribution in [2.24, 2.45) is 5.73 Å². The molecular formula is C16H24ClFN2O5S. The van der Waals surface area contributed by atoms with Gasteiger partial charge < -0.3 is 15.2 Å². The second-order valence-corrected chi connectivity index (χ2v) is 7.63. The van der Waals surface area contributed by atoms with E-state index >= 15 is 0 Å². The zero-order valence-corrected chi connectivity index (χ0v) is 16.2. The van der Waals surface area contributed by atoms with E-state index in [9.17, 15) is 17.6 Å². The Balaban J connectivity index is 0.00000338. The molecule has 0 unspecified atom stereocenters. The predicted octanol–water partition coefficient (Wildman–Crippen LogP) is 1.55. The zero-order chi connectivity index (χ0) is 18.4. The summed E-state index contributed by atoms with van der Waals surface area (Å²) in [5.41, 5.74) is 4.85. The highest BCUT2D eigenvalue weighted by atomic mass is 35.5. The van der Waals surface area contributed by atoms with E-state index in [0.29, 0.717) is 26.0 Å². The fraction of sp³-hybridized carbons (Fsp3) is 0.562. The summed E-state index contributed by atoms with van der Waals surface area (Å²) in [4.78, 5) is 11.4. The Labute approximate surface area is 159 Å². The Hall–Kier alpha value is -1.26. The summed E-state index contributed by atoms with van der Waals surface area (Å²) in [6, 6.07) is 3.51. The monoisotopic (exact) mass is 410 g/mol. The number of benzene rings is 1. The van der Waals surface area contributed by atoms with Crippen molar-refractivity contribution in [1.29, 1.82) is 0 Å². The molecule has 1 aromatic rings. The van der Waals surface area contributed by atoms with Crippen LogP contribution in [0.25, 0.3) is 0 Å². The molecule has 10 heteroatoms. The van der Waals surface area contributed by atoms with Crippen molar-refractivity contribution in [3.05, 3.63) is 29.6 Å². The number of methoxy groups -OCH3 is 1. The Morgan fingerprint density at radius 3 is 2.58 bits per heavy atom. The molecule has 1 aliphatic rings. The smallest absolute Gasteiger partial charge is 0.342 e. The van der Waals surface area contributed by atoms with Gasteiger partial charge in [0.05, 0.1) is 18.1 Å². The van der Waals surface area contributed by atoms with Gasteiger partial charge in [-0.2, -0.15) is 4.31 Å². The first-order valence-electron chi connectivity index (χ1n) is 8.10. The van der Waals surface area contributed by atoms with E-state index in [4.69, 9.17) is 10.5 Å². The molecule has 1 saturated heterocycles. The lowest BCUT2D eigenvalue weighted by Crippen LogP contribution is -2.41. The van der Waals surface area contributed by atoms with Crippen LogP contribution in [0.4, 0.5) is 4.39 Å². The topological polar surface area (TPSA) is 98.9 Å². The molecule has 0 amide bonds. The van der Waals surface area contributed by atoms with Crippen LogP contribution in [0.1, 0.15) is 29.6 Å². The number of nitrogens with two attached hydrogens (primary N) is 1. The number of halogens is 2. The van der Waals surface area contributed by atoms with Gasteiger partial charge in [-0.25, -0.2) is 17.6 Å². The summed E-state index contributed by atoms with van der Waals surface area (Å²) >= 11 is 0.